The average molecular weight is 246 g/mol. The van der Waals surface area contributed by atoms with Crippen LogP contribution in [-0.2, 0) is 0 Å². The van der Waals surface area contributed by atoms with Crippen molar-refractivity contribution in [3.05, 3.63) is 42.5 Å². The van der Waals surface area contributed by atoms with Gasteiger partial charge in [-0.3, -0.25) is 4.98 Å². The van der Waals surface area contributed by atoms with E-state index in [2.05, 4.69) is 4.98 Å². The fraction of sp³-hybridized carbons (Fsp3) is 0.214. The third-order valence-corrected chi connectivity index (χ3v) is 2.42. The molecule has 0 unspecified atom stereocenters. The zero-order valence-electron chi connectivity index (χ0n) is 10.4. The van der Waals surface area contributed by atoms with Gasteiger partial charge in [0.25, 0.3) is 0 Å². The number of pyridine rings is 1. The molecule has 0 fully saturated rings. The number of nitrogens with zero attached hydrogens (tertiary/aromatic N) is 1. The molecule has 94 valence electrons. The molecule has 4 heteroatoms. The van der Waals surface area contributed by atoms with Crippen LogP contribution < -0.4 is 10.5 Å². The first kappa shape index (κ1) is 12.4. The van der Waals surface area contributed by atoms with Crippen LogP contribution in [0.15, 0.2) is 36.7 Å². The second-order valence-electron chi connectivity index (χ2n) is 4.31. The summed E-state index contributed by atoms with van der Waals surface area (Å²) in [5.41, 5.74) is 7.11. The molecule has 0 aliphatic heterocycles. The minimum absolute atomic E-state index is 0.0743. The van der Waals surface area contributed by atoms with Crippen LogP contribution >= 0.6 is 0 Å². The maximum Gasteiger partial charge on any atom is 0.146 e. The van der Waals surface area contributed by atoms with Crippen LogP contribution in [0.2, 0.25) is 0 Å². The topological polar surface area (TPSA) is 48.1 Å². The van der Waals surface area contributed by atoms with Crippen LogP contribution in [-0.4, -0.2) is 11.1 Å². The third kappa shape index (κ3) is 2.77. The highest BCUT2D eigenvalue weighted by atomic mass is 19.1. The van der Waals surface area contributed by atoms with Gasteiger partial charge in [0.05, 0.1) is 18.0 Å². The number of benzene rings is 1. The largest absolute Gasteiger partial charge is 0.489 e. The lowest BCUT2D eigenvalue weighted by molar-refractivity contribution is 0.241. The van der Waals surface area contributed by atoms with Gasteiger partial charge in [-0.05, 0) is 37.6 Å². The Hall–Kier alpha value is -2.10. The molecule has 0 radical (unpaired) electrons. The highest BCUT2D eigenvalue weighted by Crippen LogP contribution is 2.25. The number of aromatic nitrogens is 1. The van der Waals surface area contributed by atoms with Crippen molar-refractivity contribution in [1.82, 2.24) is 4.98 Å². The summed E-state index contributed by atoms with van der Waals surface area (Å²) >= 11 is 0. The minimum Gasteiger partial charge on any atom is -0.489 e. The molecule has 3 nitrogen and oxygen atoms in total. The lowest BCUT2D eigenvalue weighted by Gasteiger charge is -2.10. The Bertz CT molecular complexity index is 555. The first-order valence-electron chi connectivity index (χ1n) is 5.73. The smallest absolute Gasteiger partial charge is 0.146 e. The van der Waals surface area contributed by atoms with Gasteiger partial charge in [-0.1, -0.05) is 6.07 Å². The maximum atomic E-state index is 13.4. The number of anilines is 1. The number of nitrogens with two attached hydrogens (primary N) is 1. The summed E-state index contributed by atoms with van der Waals surface area (Å²) in [5.74, 6) is 0.238. The highest BCUT2D eigenvalue weighted by Gasteiger charge is 2.05. The first-order valence-corrected chi connectivity index (χ1v) is 5.73. The molecule has 2 aromatic rings. The molecule has 0 bridgehead atoms. The fourth-order valence-electron chi connectivity index (χ4n) is 1.62. The Labute approximate surface area is 105 Å². The van der Waals surface area contributed by atoms with E-state index >= 15 is 0 Å². The number of nitrogen functional groups attached to an aromatic ring is 1. The van der Waals surface area contributed by atoms with Crippen molar-refractivity contribution in [2.24, 2.45) is 0 Å². The molecule has 0 amide bonds. The van der Waals surface area contributed by atoms with E-state index in [1.807, 2.05) is 19.9 Å². The molecule has 1 aromatic heterocycles. The molecule has 2 N–H and O–H groups in total. The third-order valence-electron chi connectivity index (χ3n) is 2.42. The van der Waals surface area contributed by atoms with Gasteiger partial charge in [-0.15, -0.1) is 0 Å². The second-order valence-corrected chi connectivity index (χ2v) is 4.31. The van der Waals surface area contributed by atoms with E-state index < -0.39 is 5.82 Å². The van der Waals surface area contributed by atoms with Gasteiger partial charge in [0.1, 0.15) is 11.6 Å². The van der Waals surface area contributed by atoms with E-state index in [4.69, 9.17) is 10.5 Å². The van der Waals surface area contributed by atoms with Crippen molar-refractivity contribution < 1.29 is 9.13 Å². The van der Waals surface area contributed by atoms with Gasteiger partial charge in [0.15, 0.2) is 0 Å². The van der Waals surface area contributed by atoms with Gasteiger partial charge in [0, 0.05) is 11.8 Å². The van der Waals surface area contributed by atoms with Gasteiger partial charge in [-0.2, -0.15) is 0 Å². The summed E-state index contributed by atoms with van der Waals surface area (Å²) in [5, 5.41) is 0. The lowest BCUT2D eigenvalue weighted by Crippen LogP contribution is -2.05. The Morgan fingerprint density at radius 2 is 1.94 bits per heavy atom. The summed E-state index contributed by atoms with van der Waals surface area (Å²) in [6.07, 6.45) is 3.38. The van der Waals surface area contributed by atoms with E-state index in [0.29, 0.717) is 5.75 Å². The van der Waals surface area contributed by atoms with Gasteiger partial charge in [0.2, 0.25) is 0 Å². The second kappa shape index (κ2) is 5.04. The first-order chi connectivity index (χ1) is 8.56. The molecular formula is C14H15FN2O. The maximum absolute atomic E-state index is 13.4. The Kier molecular flexibility index (Phi) is 3.46. The minimum atomic E-state index is -0.428. The van der Waals surface area contributed by atoms with Crippen LogP contribution in [0.4, 0.5) is 10.1 Å². The van der Waals surface area contributed by atoms with Crippen molar-refractivity contribution in [3.63, 3.8) is 0 Å². The summed E-state index contributed by atoms with van der Waals surface area (Å²) in [6.45, 7) is 3.88. The molecule has 1 heterocycles. The van der Waals surface area contributed by atoms with Crippen LogP contribution in [0.1, 0.15) is 13.8 Å². The number of rotatable bonds is 3. The van der Waals surface area contributed by atoms with E-state index in [1.54, 1.807) is 24.5 Å². The number of hydrogen-bond donors (Lipinski definition) is 1. The van der Waals surface area contributed by atoms with Gasteiger partial charge < -0.3 is 10.5 Å². The fourth-order valence-corrected chi connectivity index (χ4v) is 1.62. The quantitative estimate of drug-likeness (QED) is 0.845. The number of halogens is 1. The van der Waals surface area contributed by atoms with E-state index in [-0.39, 0.29) is 11.8 Å². The van der Waals surface area contributed by atoms with Crippen LogP contribution in [0.5, 0.6) is 5.75 Å². The molecule has 0 spiro atoms. The zero-order chi connectivity index (χ0) is 13.1. The molecule has 1 aromatic carbocycles. The molecule has 2 rings (SSSR count). The van der Waals surface area contributed by atoms with Crippen molar-refractivity contribution in [1.29, 1.82) is 0 Å². The highest BCUT2D eigenvalue weighted by molar-refractivity contribution is 5.66. The summed E-state index contributed by atoms with van der Waals surface area (Å²) < 4.78 is 18.9. The molecule has 0 atom stereocenters. The molecule has 0 saturated heterocycles. The Balaban J connectivity index is 2.35. The Morgan fingerprint density at radius 1 is 1.17 bits per heavy atom. The van der Waals surface area contributed by atoms with Gasteiger partial charge >= 0.3 is 0 Å². The molecule has 18 heavy (non-hydrogen) atoms. The van der Waals surface area contributed by atoms with Crippen molar-refractivity contribution in [2.45, 2.75) is 20.0 Å². The summed E-state index contributed by atoms with van der Waals surface area (Å²) in [6, 6.07) is 6.53. The Morgan fingerprint density at radius 3 is 2.61 bits per heavy atom. The molecular weight excluding hydrogens is 231 g/mol. The molecule has 0 aliphatic carbocycles. The van der Waals surface area contributed by atoms with E-state index in [0.717, 1.165) is 11.1 Å². The monoisotopic (exact) mass is 246 g/mol. The number of hydrogen-bond acceptors (Lipinski definition) is 3. The summed E-state index contributed by atoms with van der Waals surface area (Å²) in [4.78, 5) is 4.09. The molecule has 0 aliphatic rings. The van der Waals surface area contributed by atoms with E-state index in [1.165, 1.54) is 6.07 Å². The van der Waals surface area contributed by atoms with Gasteiger partial charge in [-0.25, -0.2) is 4.39 Å². The van der Waals surface area contributed by atoms with Crippen LogP contribution in [0.25, 0.3) is 11.1 Å². The standard InChI is InChI=1S/C14H15FN2O/c1-9(2)18-12-5-11(7-17-8-12)10-3-4-14(16)13(15)6-10/h3-9H,16H2,1-2H3. The van der Waals surface area contributed by atoms with Crippen LogP contribution in [0.3, 0.4) is 0 Å². The average Bonchev–Trinajstić information content (AvgIpc) is 2.32. The van der Waals surface area contributed by atoms with E-state index in [9.17, 15) is 4.39 Å². The lowest BCUT2D eigenvalue weighted by atomic mass is 10.1. The predicted molar refractivity (Wildman–Crippen MR) is 69.8 cm³/mol. The number of ether oxygens (including phenoxy) is 1. The summed E-state index contributed by atoms with van der Waals surface area (Å²) in [7, 11) is 0. The molecule has 0 saturated carbocycles. The van der Waals surface area contributed by atoms with Crippen molar-refractivity contribution >= 4 is 5.69 Å². The van der Waals surface area contributed by atoms with Crippen molar-refractivity contribution in [3.8, 4) is 16.9 Å². The normalized spacial score (nSPS) is 10.7. The van der Waals surface area contributed by atoms with Crippen LogP contribution in [0, 0.1) is 5.82 Å². The van der Waals surface area contributed by atoms with Crippen molar-refractivity contribution in [2.75, 3.05) is 5.73 Å². The predicted octanol–water partition coefficient (Wildman–Crippen LogP) is 3.26. The SMILES string of the molecule is CC(C)Oc1cncc(-c2ccc(N)c(F)c2)c1. The zero-order valence-corrected chi connectivity index (χ0v) is 10.4.